The van der Waals surface area contributed by atoms with E-state index in [0.717, 1.165) is 37.9 Å². The van der Waals surface area contributed by atoms with Gasteiger partial charge in [0.2, 0.25) is 10.0 Å². The van der Waals surface area contributed by atoms with E-state index in [1.165, 1.54) is 12.1 Å². The molecule has 1 unspecified atom stereocenters. The lowest BCUT2D eigenvalue weighted by atomic mass is 9.92. The molecule has 1 aliphatic rings. The summed E-state index contributed by atoms with van der Waals surface area (Å²) in [5.74, 6) is 0. The van der Waals surface area contributed by atoms with Gasteiger partial charge in [0.1, 0.15) is 17.0 Å². The van der Waals surface area contributed by atoms with Gasteiger partial charge in [0.05, 0.1) is 22.5 Å². The number of halogens is 4. The minimum atomic E-state index is -4.72. The van der Waals surface area contributed by atoms with Crippen molar-refractivity contribution in [3.63, 3.8) is 0 Å². The van der Waals surface area contributed by atoms with Gasteiger partial charge in [-0.05, 0) is 56.5 Å². The molecule has 1 aliphatic carbocycles. The third-order valence-corrected chi connectivity index (χ3v) is 7.39. The molecule has 6 nitrogen and oxygen atoms in total. The van der Waals surface area contributed by atoms with Crippen molar-refractivity contribution in [2.24, 2.45) is 0 Å². The topological polar surface area (TPSA) is 87.8 Å². The number of nitrogens with zero attached hydrogens (tertiary/aromatic N) is 3. The van der Waals surface area contributed by atoms with Crippen LogP contribution in [0.2, 0.25) is 5.02 Å². The molecule has 168 valence electrons. The van der Waals surface area contributed by atoms with Crippen LogP contribution >= 0.6 is 11.6 Å². The molecule has 4 rings (SSSR count). The largest absolute Gasteiger partial charge is 0.404 e. The van der Waals surface area contributed by atoms with Crippen LogP contribution in [0.25, 0.3) is 22.3 Å². The summed E-state index contributed by atoms with van der Waals surface area (Å²) in [5, 5.41) is 11.1. The van der Waals surface area contributed by atoms with E-state index in [-0.39, 0.29) is 6.04 Å². The number of alkyl halides is 3. The molecule has 2 heterocycles. The summed E-state index contributed by atoms with van der Waals surface area (Å²) < 4.78 is 66.6. The highest BCUT2D eigenvalue weighted by Gasteiger charge is 2.39. The number of nitriles is 1. The van der Waals surface area contributed by atoms with Crippen LogP contribution in [-0.2, 0) is 10.0 Å². The number of rotatable bonds is 5. The molecule has 0 spiro atoms. The fraction of sp³-hybridized carbons (Fsp3) is 0.333. The summed E-state index contributed by atoms with van der Waals surface area (Å²) in [6.07, 6.45) is -0.843. The Morgan fingerprint density at radius 1 is 1.28 bits per heavy atom. The molecule has 1 fully saturated rings. The average Bonchev–Trinajstić information content (AvgIpc) is 2.99. The van der Waals surface area contributed by atoms with E-state index < -0.39 is 27.1 Å². The molecule has 0 saturated heterocycles. The van der Waals surface area contributed by atoms with Gasteiger partial charge in [-0.15, -0.1) is 0 Å². The van der Waals surface area contributed by atoms with E-state index in [9.17, 15) is 26.9 Å². The number of nitrogens with one attached hydrogen (secondary N) is 1. The molecule has 1 saturated carbocycles. The third-order valence-electron chi connectivity index (χ3n) is 5.63. The van der Waals surface area contributed by atoms with Gasteiger partial charge < -0.3 is 4.57 Å². The highest BCUT2D eigenvalue weighted by molar-refractivity contribution is 7.89. The molecule has 0 radical (unpaired) electrons. The van der Waals surface area contributed by atoms with Crippen LogP contribution in [0.5, 0.6) is 0 Å². The smallest absolute Gasteiger partial charge is 0.335 e. The molecule has 2 aromatic heterocycles. The minimum absolute atomic E-state index is 0.146. The zero-order chi connectivity index (χ0) is 23.3. The van der Waals surface area contributed by atoms with Gasteiger partial charge in [-0.3, -0.25) is 4.98 Å². The van der Waals surface area contributed by atoms with E-state index in [0.29, 0.717) is 27.4 Å². The van der Waals surface area contributed by atoms with E-state index in [1.54, 1.807) is 22.9 Å². The fourth-order valence-corrected chi connectivity index (χ4v) is 5.06. The first-order valence-electron chi connectivity index (χ1n) is 9.82. The fourth-order valence-electron chi connectivity index (χ4n) is 3.72. The van der Waals surface area contributed by atoms with Crippen molar-refractivity contribution >= 4 is 32.5 Å². The van der Waals surface area contributed by atoms with Gasteiger partial charge in [0, 0.05) is 22.6 Å². The van der Waals surface area contributed by atoms with Crippen LogP contribution in [0.15, 0.2) is 41.4 Å². The second kappa shape index (κ2) is 8.06. The Hall–Kier alpha value is -2.61. The first kappa shape index (κ1) is 22.6. The summed E-state index contributed by atoms with van der Waals surface area (Å²) in [5.41, 5.74) is 2.06. The Morgan fingerprint density at radius 2 is 2.00 bits per heavy atom. The minimum Gasteiger partial charge on any atom is -0.335 e. The van der Waals surface area contributed by atoms with E-state index in [4.69, 9.17) is 11.6 Å². The molecule has 0 amide bonds. The lowest BCUT2D eigenvalue weighted by Crippen LogP contribution is -2.42. The predicted molar refractivity (Wildman–Crippen MR) is 114 cm³/mol. The predicted octanol–water partition coefficient (Wildman–Crippen LogP) is 5.18. The van der Waals surface area contributed by atoms with Crippen molar-refractivity contribution in [2.45, 2.75) is 49.3 Å². The highest BCUT2D eigenvalue weighted by Crippen LogP contribution is 2.42. The number of fused-ring (bicyclic) bond motifs is 1. The summed E-state index contributed by atoms with van der Waals surface area (Å²) in [4.78, 5) is 3.81. The quantitative estimate of drug-likeness (QED) is 0.542. The van der Waals surface area contributed by atoms with Crippen LogP contribution < -0.4 is 4.72 Å². The maximum absolute atomic E-state index is 12.8. The number of hydrogen-bond acceptors (Lipinski definition) is 4. The molecular weight excluding hydrogens is 465 g/mol. The van der Waals surface area contributed by atoms with Gasteiger partial charge in [-0.1, -0.05) is 11.6 Å². The van der Waals surface area contributed by atoms with E-state index >= 15 is 0 Å². The van der Waals surface area contributed by atoms with E-state index in [1.807, 2.05) is 4.57 Å². The maximum atomic E-state index is 12.8. The first-order chi connectivity index (χ1) is 15.0. The van der Waals surface area contributed by atoms with Crippen LogP contribution in [0, 0.1) is 11.3 Å². The summed E-state index contributed by atoms with van der Waals surface area (Å²) >= 11 is 6.19. The molecule has 1 aromatic carbocycles. The SMILES string of the molecule is CC(NS(=O)(=O)c1ccc(-c2c(C#N)c3ccc(Cl)cc3n2C2CCC2)nc1)C(F)(F)F. The van der Waals surface area contributed by atoms with Gasteiger partial charge in [0.25, 0.3) is 0 Å². The molecule has 3 aromatic rings. The lowest BCUT2D eigenvalue weighted by molar-refractivity contribution is -0.147. The van der Waals surface area contributed by atoms with Crippen molar-refractivity contribution < 1.29 is 21.6 Å². The zero-order valence-corrected chi connectivity index (χ0v) is 18.4. The van der Waals surface area contributed by atoms with Crippen LogP contribution in [0.4, 0.5) is 13.2 Å². The first-order valence-corrected chi connectivity index (χ1v) is 11.7. The highest BCUT2D eigenvalue weighted by atomic mass is 35.5. The van der Waals surface area contributed by atoms with Gasteiger partial charge in [0.15, 0.2) is 0 Å². The molecular formula is C21H18ClF3N4O2S. The number of sulfonamides is 1. The number of pyridine rings is 1. The summed E-state index contributed by atoms with van der Waals surface area (Å²) in [6.45, 7) is 0.723. The number of hydrogen-bond donors (Lipinski definition) is 1. The summed E-state index contributed by atoms with van der Waals surface area (Å²) in [6, 6.07) is 7.92. The van der Waals surface area contributed by atoms with Crippen molar-refractivity contribution in [1.29, 1.82) is 5.26 Å². The Labute approximate surface area is 187 Å². The monoisotopic (exact) mass is 482 g/mol. The van der Waals surface area contributed by atoms with Crippen LogP contribution in [-0.4, -0.2) is 30.2 Å². The van der Waals surface area contributed by atoms with E-state index in [2.05, 4.69) is 11.1 Å². The number of benzene rings is 1. The average molecular weight is 483 g/mol. The van der Waals surface area contributed by atoms with Gasteiger partial charge in [-0.25, -0.2) is 8.42 Å². The molecule has 0 bridgehead atoms. The standard InChI is InChI=1S/C21H18ClF3N4O2S/c1-12(21(23,24)25)28-32(30,31)15-6-8-18(27-11-15)20-17(10-26)16-7-5-13(22)9-19(16)29(20)14-3-2-4-14/h5-9,11-12,14,28H,2-4H2,1H3. The maximum Gasteiger partial charge on any atom is 0.404 e. The van der Waals surface area contributed by atoms with Gasteiger partial charge >= 0.3 is 6.18 Å². The Kier molecular flexibility index (Phi) is 5.69. The normalized spacial score (nSPS) is 16.0. The third kappa shape index (κ3) is 3.96. The second-order valence-electron chi connectivity index (χ2n) is 7.72. The molecule has 1 N–H and O–H groups in total. The molecule has 32 heavy (non-hydrogen) atoms. The Balaban J connectivity index is 1.80. The molecule has 1 atom stereocenters. The summed E-state index contributed by atoms with van der Waals surface area (Å²) in [7, 11) is -4.43. The Bertz CT molecular complexity index is 1320. The molecule has 0 aliphatic heterocycles. The van der Waals surface area contributed by atoms with Crippen molar-refractivity contribution in [3.8, 4) is 17.5 Å². The molecule has 11 heteroatoms. The number of aromatic nitrogens is 2. The van der Waals surface area contributed by atoms with Crippen molar-refractivity contribution in [2.75, 3.05) is 0 Å². The van der Waals surface area contributed by atoms with Gasteiger partial charge in [-0.2, -0.15) is 23.2 Å². The lowest BCUT2D eigenvalue weighted by Gasteiger charge is -2.30. The van der Waals surface area contributed by atoms with Crippen molar-refractivity contribution in [3.05, 3.63) is 47.1 Å². The van der Waals surface area contributed by atoms with Crippen LogP contribution in [0.3, 0.4) is 0 Å². The second-order valence-corrected chi connectivity index (χ2v) is 9.87. The van der Waals surface area contributed by atoms with Crippen molar-refractivity contribution in [1.82, 2.24) is 14.3 Å². The Morgan fingerprint density at radius 3 is 2.53 bits per heavy atom. The zero-order valence-electron chi connectivity index (χ0n) is 16.8. The van der Waals surface area contributed by atoms with Crippen LogP contribution in [0.1, 0.15) is 37.8 Å².